The van der Waals surface area contributed by atoms with Crippen LogP contribution in [0.5, 0.6) is 23.0 Å². The number of hydrogen-bond acceptors (Lipinski definition) is 8. The number of amides is 1. The van der Waals surface area contributed by atoms with Crippen LogP contribution in [0.3, 0.4) is 0 Å². The maximum Gasteiger partial charge on any atom is 0.258 e. The number of fused-ring (bicyclic) bond motifs is 1. The third-order valence-corrected chi connectivity index (χ3v) is 5.76. The lowest BCUT2D eigenvalue weighted by atomic mass is 10.1. The molecule has 0 spiro atoms. The fourth-order valence-electron chi connectivity index (χ4n) is 4.01. The summed E-state index contributed by atoms with van der Waals surface area (Å²) in [7, 11) is 3.22. The average molecular weight is 437 g/mol. The molecule has 1 amide bonds. The number of methoxy groups -OCH3 is 2. The summed E-state index contributed by atoms with van der Waals surface area (Å²) < 4.78 is 26.8. The lowest BCUT2D eigenvalue weighted by Crippen LogP contribution is -2.27. The zero-order valence-corrected chi connectivity index (χ0v) is 17.9. The minimum Gasteiger partial charge on any atom is -0.493 e. The van der Waals surface area contributed by atoms with Crippen molar-refractivity contribution in [3.05, 3.63) is 47.8 Å². The van der Waals surface area contributed by atoms with Crippen molar-refractivity contribution in [3.8, 4) is 34.5 Å². The number of ether oxygens (including phenoxy) is 4. The fraction of sp³-hybridized carbons (Fsp3) is 0.348. The van der Waals surface area contributed by atoms with Crippen molar-refractivity contribution in [2.45, 2.75) is 18.8 Å². The molecule has 0 radical (unpaired) electrons. The van der Waals surface area contributed by atoms with Crippen LogP contribution < -0.4 is 18.9 Å². The van der Waals surface area contributed by atoms with Gasteiger partial charge in [-0.3, -0.25) is 4.79 Å². The van der Waals surface area contributed by atoms with Crippen molar-refractivity contribution in [2.75, 3.05) is 34.1 Å². The third-order valence-electron chi connectivity index (χ3n) is 5.76. The molecular weight excluding hydrogens is 414 g/mol. The number of hydrogen-bond donors (Lipinski definition) is 0. The van der Waals surface area contributed by atoms with Gasteiger partial charge >= 0.3 is 0 Å². The molecule has 2 aliphatic rings. The molecule has 166 valence electrons. The molecule has 0 N–H and O–H groups in total. The summed E-state index contributed by atoms with van der Waals surface area (Å²) in [4.78, 5) is 19.0. The van der Waals surface area contributed by atoms with Crippen LogP contribution in [0.4, 0.5) is 0 Å². The van der Waals surface area contributed by atoms with Crippen molar-refractivity contribution < 1.29 is 28.3 Å². The molecule has 5 rings (SSSR count). The van der Waals surface area contributed by atoms with E-state index in [1.165, 1.54) is 0 Å². The Balaban J connectivity index is 1.23. The molecule has 0 bridgehead atoms. The monoisotopic (exact) mass is 437 g/mol. The van der Waals surface area contributed by atoms with E-state index in [0.29, 0.717) is 60.6 Å². The number of benzene rings is 2. The summed E-state index contributed by atoms with van der Waals surface area (Å²) in [5, 5.41) is 4.13. The van der Waals surface area contributed by atoms with E-state index in [4.69, 9.17) is 23.5 Å². The molecule has 32 heavy (non-hydrogen) atoms. The van der Waals surface area contributed by atoms with Gasteiger partial charge in [-0.25, -0.2) is 0 Å². The summed E-state index contributed by atoms with van der Waals surface area (Å²) in [6.07, 6.45) is 1.08. The molecule has 3 aromatic rings. The highest BCUT2D eigenvalue weighted by Crippen LogP contribution is 2.36. The quantitative estimate of drug-likeness (QED) is 0.557. The van der Waals surface area contributed by atoms with Crippen LogP contribution in [0.2, 0.25) is 0 Å². The molecule has 0 aliphatic carbocycles. The Morgan fingerprint density at radius 3 is 2.75 bits per heavy atom. The summed E-state index contributed by atoms with van der Waals surface area (Å²) in [6, 6.07) is 11.3. The molecule has 9 heteroatoms. The van der Waals surface area contributed by atoms with E-state index in [9.17, 15) is 4.79 Å². The maximum atomic E-state index is 12.6. The van der Waals surface area contributed by atoms with Crippen LogP contribution >= 0.6 is 0 Å². The van der Waals surface area contributed by atoms with Crippen LogP contribution in [0.15, 0.2) is 40.9 Å². The van der Waals surface area contributed by atoms with E-state index < -0.39 is 0 Å². The molecule has 1 unspecified atom stereocenters. The molecule has 2 aromatic carbocycles. The van der Waals surface area contributed by atoms with Crippen LogP contribution in [0.25, 0.3) is 11.5 Å². The van der Waals surface area contributed by atoms with Gasteiger partial charge in [-0.1, -0.05) is 11.2 Å². The fourth-order valence-corrected chi connectivity index (χ4v) is 4.01. The lowest BCUT2D eigenvalue weighted by molar-refractivity contribution is -0.127. The van der Waals surface area contributed by atoms with Gasteiger partial charge in [0.2, 0.25) is 12.7 Å². The first-order valence-corrected chi connectivity index (χ1v) is 10.4. The molecule has 1 saturated heterocycles. The molecule has 3 heterocycles. The highest BCUT2D eigenvalue weighted by Gasteiger charge is 2.33. The third kappa shape index (κ3) is 3.81. The number of likely N-dealkylation sites (tertiary alicyclic amines) is 1. The Morgan fingerprint density at radius 1 is 1.06 bits per heavy atom. The Labute approximate surface area is 184 Å². The Kier molecular flexibility index (Phi) is 5.30. The first kappa shape index (κ1) is 20.2. The molecule has 1 atom stereocenters. The summed E-state index contributed by atoms with van der Waals surface area (Å²) >= 11 is 0. The van der Waals surface area contributed by atoms with Crippen LogP contribution in [0.1, 0.15) is 23.7 Å². The van der Waals surface area contributed by atoms with Gasteiger partial charge in [0.25, 0.3) is 5.89 Å². The standard InChI is InChI=1S/C23H23N3O6/c1-28-17-5-3-14(9-19(17)29-2)7-8-26-12-16(11-21(26)27)22-24-23(32-25-22)15-4-6-18-20(10-15)31-13-30-18/h3-6,9-10,16H,7-8,11-13H2,1-2H3. The first-order chi connectivity index (χ1) is 15.6. The largest absolute Gasteiger partial charge is 0.493 e. The van der Waals surface area contributed by atoms with Crippen molar-refractivity contribution in [1.29, 1.82) is 0 Å². The van der Waals surface area contributed by atoms with E-state index in [2.05, 4.69) is 10.1 Å². The predicted octanol–water partition coefficient (Wildman–Crippen LogP) is 3.04. The summed E-state index contributed by atoms with van der Waals surface area (Å²) in [6.45, 7) is 1.38. The van der Waals surface area contributed by atoms with Crippen molar-refractivity contribution in [2.24, 2.45) is 0 Å². The van der Waals surface area contributed by atoms with Gasteiger partial charge in [-0.15, -0.1) is 0 Å². The molecule has 2 aliphatic heterocycles. The van der Waals surface area contributed by atoms with Gasteiger partial charge in [0.1, 0.15) is 0 Å². The van der Waals surface area contributed by atoms with Gasteiger partial charge in [0.05, 0.1) is 14.2 Å². The van der Waals surface area contributed by atoms with Crippen LogP contribution in [0, 0.1) is 0 Å². The molecule has 0 saturated carbocycles. The van der Waals surface area contributed by atoms with Crippen molar-refractivity contribution in [1.82, 2.24) is 15.0 Å². The number of rotatable bonds is 7. The molecular formula is C23H23N3O6. The Morgan fingerprint density at radius 2 is 1.91 bits per heavy atom. The number of carbonyl (C=O) groups is 1. The highest BCUT2D eigenvalue weighted by atomic mass is 16.7. The van der Waals surface area contributed by atoms with E-state index in [-0.39, 0.29) is 18.6 Å². The Bertz CT molecular complexity index is 1140. The van der Waals surface area contributed by atoms with Crippen LogP contribution in [-0.4, -0.2) is 55.0 Å². The maximum absolute atomic E-state index is 12.6. The van der Waals surface area contributed by atoms with Gasteiger partial charge in [0, 0.05) is 31.0 Å². The summed E-state index contributed by atoms with van der Waals surface area (Å²) in [5.41, 5.74) is 1.83. The second-order valence-electron chi connectivity index (χ2n) is 7.71. The lowest BCUT2D eigenvalue weighted by Gasteiger charge is -2.16. The predicted molar refractivity (Wildman–Crippen MR) is 113 cm³/mol. The summed E-state index contributed by atoms with van der Waals surface area (Å²) in [5.74, 6) is 3.64. The van der Waals surface area contributed by atoms with E-state index in [1.807, 2.05) is 41.3 Å². The normalized spacial score (nSPS) is 17.1. The minimum atomic E-state index is -0.0978. The smallest absolute Gasteiger partial charge is 0.258 e. The molecule has 1 fully saturated rings. The van der Waals surface area contributed by atoms with Crippen LogP contribution in [-0.2, 0) is 11.2 Å². The SMILES string of the molecule is COc1ccc(CCN2CC(c3noc(-c4ccc5c(c4)OCO5)n3)CC2=O)cc1OC. The van der Waals surface area contributed by atoms with Gasteiger partial charge in [0.15, 0.2) is 28.8 Å². The van der Waals surface area contributed by atoms with Crippen molar-refractivity contribution >= 4 is 5.91 Å². The zero-order valence-electron chi connectivity index (χ0n) is 17.9. The van der Waals surface area contributed by atoms with Gasteiger partial charge in [-0.2, -0.15) is 4.98 Å². The van der Waals surface area contributed by atoms with E-state index in [0.717, 1.165) is 11.1 Å². The average Bonchev–Trinajstić information content (AvgIpc) is 3.56. The number of aromatic nitrogens is 2. The number of carbonyl (C=O) groups excluding carboxylic acids is 1. The topological polar surface area (TPSA) is 96.2 Å². The van der Waals surface area contributed by atoms with E-state index in [1.54, 1.807) is 14.2 Å². The molecule has 9 nitrogen and oxygen atoms in total. The van der Waals surface area contributed by atoms with Crippen molar-refractivity contribution in [3.63, 3.8) is 0 Å². The number of nitrogens with zero attached hydrogens (tertiary/aromatic N) is 3. The molecule has 1 aromatic heterocycles. The second kappa shape index (κ2) is 8.41. The Hall–Kier alpha value is -3.75. The first-order valence-electron chi connectivity index (χ1n) is 10.4. The zero-order chi connectivity index (χ0) is 22.1. The van der Waals surface area contributed by atoms with Gasteiger partial charge in [-0.05, 0) is 42.3 Å². The highest BCUT2D eigenvalue weighted by molar-refractivity contribution is 5.79. The van der Waals surface area contributed by atoms with E-state index >= 15 is 0 Å². The minimum absolute atomic E-state index is 0.0879. The van der Waals surface area contributed by atoms with Gasteiger partial charge < -0.3 is 28.4 Å². The second-order valence-corrected chi connectivity index (χ2v) is 7.71.